The number of amides is 2. The van der Waals surface area contributed by atoms with Gasteiger partial charge in [-0.15, -0.1) is 0 Å². The third-order valence-electron chi connectivity index (χ3n) is 6.25. The minimum absolute atomic E-state index is 0.00248. The van der Waals surface area contributed by atoms with Crippen LogP contribution < -0.4 is 5.32 Å². The second kappa shape index (κ2) is 11.0. The zero-order chi connectivity index (χ0) is 24.0. The van der Waals surface area contributed by atoms with Crippen molar-refractivity contribution in [2.24, 2.45) is 5.92 Å². The summed E-state index contributed by atoms with van der Waals surface area (Å²) < 4.78 is 6.99. The molecule has 1 aromatic heterocycles. The molecule has 0 aliphatic heterocycles. The third-order valence-corrected chi connectivity index (χ3v) is 6.25. The number of aromatic nitrogens is 2. The molecule has 1 aliphatic rings. The normalized spacial score (nSPS) is 14.8. The molecular formula is C26H38N4O3. The number of nitrogens with one attached hydrogen (secondary N) is 1. The van der Waals surface area contributed by atoms with E-state index in [4.69, 9.17) is 9.84 Å². The average molecular weight is 455 g/mol. The Morgan fingerprint density at radius 2 is 1.88 bits per heavy atom. The fourth-order valence-corrected chi connectivity index (χ4v) is 4.25. The molecule has 7 nitrogen and oxygen atoms in total. The van der Waals surface area contributed by atoms with Crippen LogP contribution in [0.15, 0.2) is 30.3 Å². The lowest BCUT2D eigenvalue weighted by atomic mass is 9.88. The van der Waals surface area contributed by atoms with Crippen LogP contribution in [0, 0.1) is 12.8 Å². The number of para-hydroxylation sites is 1. The van der Waals surface area contributed by atoms with Crippen molar-refractivity contribution in [1.82, 2.24) is 14.7 Å². The molecule has 7 heteroatoms. The minimum Gasteiger partial charge on any atom is -0.383 e. The highest BCUT2D eigenvalue weighted by Crippen LogP contribution is 2.28. The maximum atomic E-state index is 13.1. The van der Waals surface area contributed by atoms with Gasteiger partial charge in [-0.25, -0.2) is 4.68 Å². The predicted octanol–water partition coefficient (Wildman–Crippen LogP) is 4.47. The maximum Gasteiger partial charge on any atom is 0.245 e. The van der Waals surface area contributed by atoms with E-state index in [0.29, 0.717) is 19.0 Å². The van der Waals surface area contributed by atoms with Gasteiger partial charge in [-0.2, -0.15) is 5.10 Å². The number of ether oxygens (including phenoxy) is 1. The van der Waals surface area contributed by atoms with E-state index >= 15 is 0 Å². The third kappa shape index (κ3) is 6.44. The van der Waals surface area contributed by atoms with E-state index in [9.17, 15) is 9.59 Å². The predicted molar refractivity (Wildman–Crippen MR) is 131 cm³/mol. The number of hydrogen-bond acceptors (Lipinski definition) is 4. The van der Waals surface area contributed by atoms with Crippen molar-refractivity contribution in [3.05, 3.63) is 41.6 Å². The number of nitrogens with zero attached hydrogens (tertiary/aromatic N) is 3. The standard InChI is InChI=1S/C26H38N4O3/c1-19-11-9-10-14-21(19)30-23(17-22(28-30)26(2,3)4)27-24(31)18-29(15-16-33-5)25(32)20-12-7-6-8-13-20/h9-11,14,17,20H,6-8,12-13,15-16,18H2,1-5H3,(H,27,31). The van der Waals surface area contributed by atoms with Crippen LogP contribution in [-0.4, -0.2) is 53.3 Å². The monoisotopic (exact) mass is 454 g/mol. The molecule has 180 valence electrons. The van der Waals surface area contributed by atoms with Crippen molar-refractivity contribution in [1.29, 1.82) is 0 Å². The molecule has 2 aromatic rings. The van der Waals surface area contributed by atoms with Gasteiger partial charge in [0.15, 0.2) is 0 Å². The lowest BCUT2D eigenvalue weighted by Gasteiger charge is -2.28. The molecule has 1 fully saturated rings. The van der Waals surface area contributed by atoms with Gasteiger partial charge in [-0.1, -0.05) is 58.2 Å². The van der Waals surface area contributed by atoms with Crippen molar-refractivity contribution < 1.29 is 14.3 Å². The van der Waals surface area contributed by atoms with Crippen LogP contribution in [0.4, 0.5) is 5.82 Å². The number of methoxy groups -OCH3 is 1. The van der Waals surface area contributed by atoms with E-state index < -0.39 is 0 Å². The highest BCUT2D eigenvalue weighted by Gasteiger charge is 2.28. The van der Waals surface area contributed by atoms with Crippen molar-refractivity contribution in [3.63, 3.8) is 0 Å². The number of carbonyl (C=O) groups is 2. The quantitative estimate of drug-likeness (QED) is 0.638. The highest BCUT2D eigenvalue weighted by molar-refractivity contribution is 5.94. The zero-order valence-electron chi connectivity index (χ0n) is 20.7. The number of benzene rings is 1. The van der Waals surface area contributed by atoms with Gasteiger partial charge >= 0.3 is 0 Å². The summed E-state index contributed by atoms with van der Waals surface area (Å²) in [5.41, 5.74) is 2.69. The summed E-state index contributed by atoms with van der Waals surface area (Å²) in [6.07, 6.45) is 5.14. The van der Waals surface area contributed by atoms with Crippen molar-refractivity contribution in [2.45, 2.75) is 65.2 Å². The molecule has 0 spiro atoms. The Morgan fingerprint density at radius 3 is 2.52 bits per heavy atom. The molecule has 0 atom stereocenters. The summed E-state index contributed by atoms with van der Waals surface area (Å²) in [5.74, 6) is 0.444. The second-order valence-corrected chi connectivity index (χ2v) is 10.00. The van der Waals surface area contributed by atoms with E-state index in [-0.39, 0.29) is 29.7 Å². The van der Waals surface area contributed by atoms with E-state index in [1.807, 2.05) is 37.3 Å². The fourth-order valence-electron chi connectivity index (χ4n) is 4.25. The van der Waals surface area contributed by atoms with Crippen LogP contribution in [0.3, 0.4) is 0 Å². The SMILES string of the molecule is COCCN(CC(=O)Nc1cc(C(C)(C)C)nn1-c1ccccc1C)C(=O)C1CCCCC1. The van der Waals surface area contributed by atoms with Crippen LogP contribution in [-0.2, 0) is 19.7 Å². The topological polar surface area (TPSA) is 76.5 Å². The molecule has 0 bridgehead atoms. The van der Waals surface area contributed by atoms with Crippen molar-refractivity contribution in [3.8, 4) is 5.69 Å². The molecule has 1 aliphatic carbocycles. The molecule has 33 heavy (non-hydrogen) atoms. The van der Waals surface area contributed by atoms with Gasteiger partial charge in [0.2, 0.25) is 11.8 Å². The number of anilines is 1. The molecule has 3 rings (SSSR count). The first kappa shape index (κ1) is 25.0. The van der Waals surface area contributed by atoms with Crippen LogP contribution >= 0.6 is 0 Å². The lowest BCUT2D eigenvalue weighted by Crippen LogP contribution is -2.43. The first-order valence-corrected chi connectivity index (χ1v) is 11.9. The zero-order valence-corrected chi connectivity index (χ0v) is 20.7. The molecule has 2 amide bonds. The summed E-state index contributed by atoms with van der Waals surface area (Å²) in [7, 11) is 1.61. The molecule has 1 heterocycles. The summed E-state index contributed by atoms with van der Waals surface area (Å²) in [6, 6.07) is 9.88. The van der Waals surface area contributed by atoms with E-state index in [2.05, 4.69) is 26.1 Å². The Kier molecular flexibility index (Phi) is 8.30. The maximum absolute atomic E-state index is 13.1. The van der Waals surface area contributed by atoms with Crippen LogP contribution in [0.25, 0.3) is 5.69 Å². The van der Waals surface area contributed by atoms with Gasteiger partial charge in [-0.05, 0) is 31.4 Å². The second-order valence-electron chi connectivity index (χ2n) is 10.00. The fraction of sp³-hybridized carbons (Fsp3) is 0.577. The molecule has 1 aromatic carbocycles. The Labute approximate surface area is 197 Å². The summed E-state index contributed by atoms with van der Waals surface area (Å²) in [6.45, 7) is 9.12. The molecule has 0 saturated heterocycles. The summed E-state index contributed by atoms with van der Waals surface area (Å²) in [5, 5.41) is 7.82. The first-order valence-electron chi connectivity index (χ1n) is 11.9. The molecular weight excluding hydrogens is 416 g/mol. The van der Waals surface area contributed by atoms with Gasteiger partial charge in [-0.3, -0.25) is 9.59 Å². The number of aryl methyl sites for hydroxylation is 1. The Hall–Kier alpha value is -2.67. The molecule has 0 unspecified atom stereocenters. The minimum atomic E-state index is -0.231. The smallest absolute Gasteiger partial charge is 0.245 e. The lowest BCUT2D eigenvalue weighted by molar-refractivity contribution is -0.139. The molecule has 1 saturated carbocycles. The first-order chi connectivity index (χ1) is 15.7. The largest absolute Gasteiger partial charge is 0.383 e. The Bertz CT molecular complexity index is 955. The van der Waals surface area contributed by atoms with Crippen LogP contribution in [0.2, 0.25) is 0 Å². The number of hydrogen-bond donors (Lipinski definition) is 1. The molecule has 1 N–H and O–H groups in total. The summed E-state index contributed by atoms with van der Waals surface area (Å²) >= 11 is 0. The van der Waals surface area contributed by atoms with E-state index in [0.717, 1.165) is 42.6 Å². The average Bonchev–Trinajstić information content (AvgIpc) is 3.21. The van der Waals surface area contributed by atoms with Crippen molar-refractivity contribution in [2.75, 3.05) is 32.1 Å². The van der Waals surface area contributed by atoms with Gasteiger partial charge < -0.3 is 15.0 Å². The Morgan fingerprint density at radius 1 is 1.18 bits per heavy atom. The van der Waals surface area contributed by atoms with Crippen LogP contribution in [0.5, 0.6) is 0 Å². The Balaban J connectivity index is 1.82. The molecule has 0 radical (unpaired) electrons. The highest BCUT2D eigenvalue weighted by atomic mass is 16.5. The van der Waals surface area contributed by atoms with Gasteiger partial charge in [0, 0.05) is 31.1 Å². The van der Waals surface area contributed by atoms with Crippen molar-refractivity contribution >= 4 is 17.6 Å². The van der Waals surface area contributed by atoms with Gasteiger partial charge in [0.1, 0.15) is 5.82 Å². The van der Waals surface area contributed by atoms with Crippen LogP contribution in [0.1, 0.15) is 64.1 Å². The van der Waals surface area contributed by atoms with Gasteiger partial charge in [0.05, 0.1) is 24.5 Å². The van der Waals surface area contributed by atoms with Gasteiger partial charge in [0.25, 0.3) is 0 Å². The summed E-state index contributed by atoms with van der Waals surface area (Å²) in [4.78, 5) is 27.9. The van der Waals surface area contributed by atoms with E-state index in [1.54, 1.807) is 16.7 Å². The van der Waals surface area contributed by atoms with E-state index in [1.165, 1.54) is 6.42 Å². The number of rotatable bonds is 8. The number of carbonyl (C=O) groups excluding carboxylic acids is 2.